The summed E-state index contributed by atoms with van der Waals surface area (Å²) >= 11 is 0. The molecule has 1 N–H and O–H groups in total. The third-order valence-corrected chi connectivity index (χ3v) is 3.79. The molecule has 0 spiro atoms. The molecule has 0 saturated heterocycles. The molecular formula is C18H20N2O2. The topological polar surface area (TPSA) is 41.6 Å². The summed E-state index contributed by atoms with van der Waals surface area (Å²) in [4.78, 5) is 14.2. The minimum absolute atomic E-state index is 0.0493. The molecule has 4 heteroatoms. The van der Waals surface area contributed by atoms with E-state index < -0.39 is 0 Å². The summed E-state index contributed by atoms with van der Waals surface area (Å²) in [7, 11) is 0. The normalized spacial score (nSPS) is 12.9. The van der Waals surface area contributed by atoms with Crippen LogP contribution in [0.25, 0.3) is 0 Å². The number of benzene rings is 2. The van der Waals surface area contributed by atoms with Gasteiger partial charge in [0.1, 0.15) is 5.75 Å². The lowest BCUT2D eigenvalue weighted by molar-refractivity contribution is 0.246. The van der Waals surface area contributed by atoms with Crippen molar-refractivity contribution in [2.75, 3.05) is 18.1 Å². The maximum atomic E-state index is 12.4. The predicted molar refractivity (Wildman–Crippen MR) is 87.3 cm³/mol. The highest BCUT2D eigenvalue weighted by Crippen LogP contribution is 2.27. The Labute approximate surface area is 130 Å². The largest absolute Gasteiger partial charge is 0.494 e. The van der Waals surface area contributed by atoms with Gasteiger partial charge in [-0.05, 0) is 42.7 Å². The lowest BCUT2D eigenvalue weighted by Crippen LogP contribution is -2.38. The second-order valence-corrected chi connectivity index (χ2v) is 5.27. The van der Waals surface area contributed by atoms with Crippen LogP contribution in [0.3, 0.4) is 0 Å². The zero-order valence-electron chi connectivity index (χ0n) is 12.7. The Morgan fingerprint density at radius 3 is 2.95 bits per heavy atom. The van der Waals surface area contributed by atoms with E-state index in [1.165, 1.54) is 5.56 Å². The van der Waals surface area contributed by atoms with Crippen molar-refractivity contribution < 1.29 is 9.53 Å². The van der Waals surface area contributed by atoms with Crippen molar-refractivity contribution in [2.45, 2.75) is 19.9 Å². The van der Waals surface area contributed by atoms with Crippen LogP contribution in [-0.2, 0) is 13.0 Å². The number of para-hydroxylation sites is 1. The van der Waals surface area contributed by atoms with Crippen LogP contribution in [0, 0.1) is 0 Å². The molecule has 0 radical (unpaired) electrons. The summed E-state index contributed by atoms with van der Waals surface area (Å²) in [5, 5.41) is 2.98. The lowest BCUT2D eigenvalue weighted by atomic mass is 10.2. The highest BCUT2D eigenvalue weighted by Gasteiger charge is 2.23. The van der Waals surface area contributed by atoms with Crippen LogP contribution in [-0.4, -0.2) is 19.2 Å². The van der Waals surface area contributed by atoms with E-state index >= 15 is 0 Å². The Bertz CT molecular complexity index is 670. The van der Waals surface area contributed by atoms with Crippen LogP contribution in [0.4, 0.5) is 10.5 Å². The minimum Gasteiger partial charge on any atom is -0.494 e. The standard InChI is InChI=1S/C18H20N2O2/c1-2-22-16-8-5-6-14(12-16)13-19-18(21)20-11-10-15-7-3-4-9-17(15)20/h3-9,12H,2,10-11,13H2,1H3,(H,19,21). The third-order valence-electron chi connectivity index (χ3n) is 3.79. The Kier molecular flexibility index (Phi) is 4.28. The van der Waals surface area contributed by atoms with Gasteiger partial charge in [-0.2, -0.15) is 0 Å². The number of carbonyl (C=O) groups excluding carboxylic acids is 1. The van der Waals surface area contributed by atoms with Crippen LogP contribution >= 0.6 is 0 Å². The molecule has 22 heavy (non-hydrogen) atoms. The van der Waals surface area contributed by atoms with Gasteiger partial charge in [-0.15, -0.1) is 0 Å². The van der Waals surface area contributed by atoms with Crippen molar-refractivity contribution in [3.05, 3.63) is 59.7 Å². The second kappa shape index (κ2) is 6.52. The highest BCUT2D eigenvalue weighted by molar-refractivity contribution is 5.94. The molecule has 0 aromatic heterocycles. The average Bonchev–Trinajstić information content (AvgIpc) is 2.97. The van der Waals surface area contributed by atoms with Gasteiger partial charge in [0.25, 0.3) is 0 Å². The van der Waals surface area contributed by atoms with Gasteiger partial charge in [0.2, 0.25) is 0 Å². The number of anilines is 1. The SMILES string of the molecule is CCOc1cccc(CNC(=O)N2CCc3ccccc32)c1. The first-order valence-corrected chi connectivity index (χ1v) is 7.63. The molecule has 1 heterocycles. The number of carbonyl (C=O) groups is 1. The van der Waals surface area contributed by atoms with Gasteiger partial charge in [-0.25, -0.2) is 4.79 Å². The van der Waals surface area contributed by atoms with Crippen LogP contribution in [0.5, 0.6) is 5.75 Å². The summed E-state index contributed by atoms with van der Waals surface area (Å²) in [6.45, 7) is 3.84. The maximum absolute atomic E-state index is 12.4. The molecule has 114 valence electrons. The van der Waals surface area contributed by atoms with Gasteiger partial charge in [0.05, 0.1) is 6.61 Å². The van der Waals surface area contributed by atoms with Gasteiger partial charge >= 0.3 is 6.03 Å². The molecule has 1 aliphatic rings. The van der Waals surface area contributed by atoms with E-state index in [9.17, 15) is 4.79 Å². The van der Waals surface area contributed by atoms with E-state index in [4.69, 9.17) is 4.74 Å². The highest BCUT2D eigenvalue weighted by atomic mass is 16.5. The van der Waals surface area contributed by atoms with E-state index in [-0.39, 0.29) is 6.03 Å². The van der Waals surface area contributed by atoms with Gasteiger partial charge in [-0.1, -0.05) is 30.3 Å². The fourth-order valence-corrected chi connectivity index (χ4v) is 2.73. The van der Waals surface area contributed by atoms with Crippen molar-refractivity contribution in [3.8, 4) is 5.75 Å². The molecule has 0 unspecified atom stereocenters. The molecule has 2 aromatic rings. The first-order valence-electron chi connectivity index (χ1n) is 7.63. The van der Waals surface area contributed by atoms with E-state index in [2.05, 4.69) is 11.4 Å². The number of hydrogen-bond donors (Lipinski definition) is 1. The number of ether oxygens (including phenoxy) is 1. The van der Waals surface area contributed by atoms with Crippen molar-refractivity contribution in [1.82, 2.24) is 5.32 Å². The quantitative estimate of drug-likeness (QED) is 0.940. The molecule has 0 aliphatic carbocycles. The molecule has 2 aromatic carbocycles. The molecule has 0 saturated carbocycles. The Hall–Kier alpha value is -2.49. The summed E-state index contributed by atoms with van der Waals surface area (Å²) in [6, 6.07) is 15.8. The van der Waals surface area contributed by atoms with Gasteiger partial charge in [0, 0.05) is 18.8 Å². The second-order valence-electron chi connectivity index (χ2n) is 5.27. The molecule has 2 amide bonds. The first-order chi connectivity index (χ1) is 10.8. The number of rotatable bonds is 4. The third kappa shape index (κ3) is 3.06. The molecular weight excluding hydrogens is 276 g/mol. The fraction of sp³-hybridized carbons (Fsp3) is 0.278. The van der Waals surface area contributed by atoms with E-state index in [0.29, 0.717) is 13.2 Å². The minimum atomic E-state index is -0.0493. The number of urea groups is 1. The Balaban J connectivity index is 1.62. The van der Waals surface area contributed by atoms with Crippen molar-refractivity contribution >= 4 is 11.7 Å². The molecule has 0 fully saturated rings. The Morgan fingerprint density at radius 1 is 1.23 bits per heavy atom. The van der Waals surface area contributed by atoms with Crippen LogP contribution in [0.15, 0.2) is 48.5 Å². The number of fused-ring (bicyclic) bond motifs is 1. The number of hydrogen-bond acceptors (Lipinski definition) is 2. The van der Waals surface area contributed by atoms with Crippen LogP contribution in [0.2, 0.25) is 0 Å². The Morgan fingerprint density at radius 2 is 2.09 bits per heavy atom. The summed E-state index contributed by atoms with van der Waals surface area (Å²) < 4.78 is 5.48. The summed E-state index contributed by atoms with van der Waals surface area (Å²) in [5.74, 6) is 0.834. The zero-order chi connectivity index (χ0) is 15.4. The van der Waals surface area contributed by atoms with Crippen molar-refractivity contribution in [2.24, 2.45) is 0 Å². The van der Waals surface area contributed by atoms with Crippen LogP contribution in [0.1, 0.15) is 18.1 Å². The zero-order valence-corrected chi connectivity index (χ0v) is 12.7. The first kappa shape index (κ1) is 14.4. The molecule has 0 bridgehead atoms. The fourth-order valence-electron chi connectivity index (χ4n) is 2.73. The van der Waals surface area contributed by atoms with E-state index in [1.54, 1.807) is 0 Å². The van der Waals surface area contributed by atoms with Gasteiger partial charge in [0.15, 0.2) is 0 Å². The molecule has 3 rings (SSSR count). The maximum Gasteiger partial charge on any atom is 0.322 e. The summed E-state index contributed by atoms with van der Waals surface area (Å²) in [6.07, 6.45) is 0.920. The lowest BCUT2D eigenvalue weighted by Gasteiger charge is -2.18. The van der Waals surface area contributed by atoms with Crippen LogP contribution < -0.4 is 15.0 Å². The molecule has 1 aliphatic heterocycles. The predicted octanol–water partition coefficient (Wildman–Crippen LogP) is 3.36. The van der Waals surface area contributed by atoms with E-state index in [1.807, 2.05) is 54.3 Å². The smallest absolute Gasteiger partial charge is 0.322 e. The van der Waals surface area contributed by atoms with Gasteiger partial charge < -0.3 is 10.1 Å². The van der Waals surface area contributed by atoms with Crippen molar-refractivity contribution in [1.29, 1.82) is 0 Å². The number of nitrogens with one attached hydrogen (secondary N) is 1. The van der Waals surface area contributed by atoms with E-state index in [0.717, 1.165) is 30.0 Å². The van der Waals surface area contributed by atoms with Crippen molar-refractivity contribution in [3.63, 3.8) is 0 Å². The summed E-state index contributed by atoms with van der Waals surface area (Å²) in [5.41, 5.74) is 3.28. The van der Waals surface area contributed by atoms with Gasteiger partial charge in [-0.3, -0.25) is 4.90 Å². The molecule has 4 nitrogen and oxygen atoms in total. The number of amides is 2. The number of nitrogens with zero attached hydrogens (tertiary/aromatic N) is 1. The monoisotopic (exact) mass is 296 g/mol. The molecule has 0 atom stereocenters. The average molecular weight is 296 g/mol.